The maximum Gasteiger partial charge on any atom is 0.308 e. The molecule has 2 unspecified atom stereocenters. The fraction of sp³-hybridized carbons (Fsp3) is 0.417. The van der Waals surface area contributed by atoms with Crippen LogP contribution < -0.4 is 0 Å². The molecule has 1 aromatic rings. The van der Waals surface area contributed by atoms with Gasteiger partial charge in [0, 0.05) is 17.1 Å². The Labute approximate surface area is 130 Å². The summed E-state index contributed by atoms with van der Waals surface area (Å²) in [6.07, 6.45) is 0.324. The highest BCUT2D eigenvalue weighted by Gasteiger charge is 2.42. The topological polar surface area (TPSA) is 74.7 Å². The average molecular weight is 383 g/mol. The van der Waals surface area contributed by atoms with E-state index >= 15 is 0 Å². The third-order valence-corrected chi connectivity index (χ3v) is 6.71. The smallest absolute Gasteiger partial charge is 0.308 e. The van der Waals surface area contributed by atoms with Gasteiger partial charge in [-0.3, -0.25) is 4.79 Å². The van der Waals surface area contributed by atoms with Crippen molar-refractivity contribution in [3.05, 3.63) is 27.7 Å². The van der Waals surface area contributed by atoms with Crippen molar-refractivity contribution in [3.63, 3.8) is 0 Å². The fourth-order valence-electron chi connectivity index (χ4n) is 2.35. The third-order valence-electron chi connectivity index (χ3n) is 3.51. The third kappa shape index (κ3) is 2.72. The molecule has 0 amide bonds. The molecule has 110 valence electrons. The fourth-order valence-corrected chi connectivity index (χ4v) is 4.71. The number of halogens is 2. The molecule has 2 atom stereocenters. The Morgan fingerprint density at radius 3 is 2.65 bits per heavy atom. The van der Waals surface area contributed by atoms with Gasteiger partial charge in [-0.2, -0.15) is 4.31 Å². The van der Waals surface area contributed by atoms with Gasteiger partial charge >= 0.3 is 5.97 Å². The predicted molar refractivity (Wildman–Crippen MR) is 78.2 cm³/mol. The van der Waals surface area contributed by atoms with Crippen molar-refractivity contribution in [2.75, 3.05) is 6.54 Å². The molecule has 1 saturated heterocycles. The van der Waals surface area contributed by atoms with Gasteiger partial charge in [0.1, 0.15) is 0 Å². The number of hydrogen-bond donors (Lipinski definition) is 1. The molecule has 1 heterocycles. The van der Waals surface area contributed by atoms with Crippen LogP contribution >= 0.6 is 27.5 Å². The first kappa shape index (κ1) is 15.8. The molecule has 1 fully saturated rings. The van der Waals surface area contributed by atoms with Gasteiger partial charge in [-0.25, -0.2) is 8.42 Å². The minimum atomic E-state index is -3.71. The monoisotopic (exact) mass is 381 g/mol. The Bertz CT molecular complexity index is 649. The van der Waals surface area contributed by atoms with Gasteiger partial charge in [-0.15, -0.1) is 0 Å². The van der Waals surface area contributed by atoms with Crippen molar-refractivity contribution in [1.29, 1.82) is 0 Å². The highest BCUT2D eigenvalue weighted by Crippen LogP contribution is 2.32. The number of carbonyl (C=O) groups is 1. The van der Waals surface area contributed by atoms with Gasteiger partial charge in [-0.1, -0.05) is 11.6 Å². The Balaban J connectivity index is 2.36. The quantitative estimate of drug-likeness (QED) is 0.872. The average Bonchev–Trinajstić information content (AvgIpc) is 2.75. The van der Waals surface area contributed by atoms with Gasteiger partial charge in [-0.05, 0) is 47.5 Å². The van der Waals surface area contributed by atoms with Crippen LogP contribution in [0.4, 0.5) is 0 Å². The molecule has 1 aromatic carbocycles. The van der Waals surface area contributed by atoms with E-state index in [0.717, 1.165) is 0 Å². The van der Waals surface area contributed by atoms with Crippen molar-refractivity contribution in [2.24, 2.45) is 5.92 Å². The maximum atomic E-state index is 12.5. The van der Waals surface area contributed by atoms with E-state index in [1.807, 2.05) is 0 Å². The highest BCUT2D eigenvalue weighted by atomic mass is 79.9. The van der Waals surface area contributed by atoms with E-state index in [9.17, 15) is 13.2 Å². The lowest BCUT2D eigenvalue weighted by molar-refractivity contribution is -0.142. The van der Waals surface area contributed by atoms with E-state index in [-0.39, 0.29) is 11.4 Å². The van der Waals surface area contributed by atoms with Gasteiger partial charge in [0.25, 0.3) is 0 Å². The molecule has 20 heavy (non-hydrogen) atoms. The molecular weight excluding hydrogens is 370 g/mol. The normalized spacial score (nSPS) is 23.9. The lowest BCUT2D eigenvalue weighted by atomic mass is 10.0. The van der Waals surface area contributed by atoms with E-state index in [1.165, 1.54) is 22.5 Å². The highest BCUT2D eigenvalue weighted by molar-refractivity contribution is 9.10. The zero-order valence-corrected chi connectivity index (χ0v) is 13.7. The predicted octanol–water partition coefficient (Wildman–Crippen LogP) is 2.59. The van der Waals surface area contributed by atoms with Crippen molar-refractivity contribution in [3.8, 4) is 0 Å². The van der Waals surface area contributed by atoms with E-state index < -0.39 is 28.0 Å². The summed E-state index contributed by atoms with van der Waals surface area (Å²) in [4.78, 5) is 11.2. The van der Waals surface area contributed by atoms with Gasteiger partial charge in [0.05, 0.1) is 15.8 Å². The molecule has 2 rings (SSSR count). The van der Waals surface area contributed by atoms with E-state index in [4.69, 9.17) is 16.7 Å². The Morgan fingerprint density at radius 2 is 2.15 bits per heavy atom. The standard InChI is InChI=1S/C12H13BrClNO4S/c1-7-9(12(16)17)4-5-15(7)20(18,19)8-2-3-11(14)10(13)6-8/h2-3,6-7,9H,4-5H2,1H3,(H,16,17). The van der Waals surface area contributed by atoms with Crippen LogP contribution in [-0.4, -0.2) is 36.4 Å². The number of hydrogen-bond acceptors (Lipinski definition) is 3. The second-order valence-electron chi connectivity index (χ2n) is 4.67. The van der Waals surface area contributed by atoms with E-state index in [2.05, 4.69) is 15.9 Å². The second-order valence-corrected chi connectivity index (χ2v) is 7.82. The van der Waals surface area contributed by atoms with Crippen LogP contribution in [0.25, 0.3) is 0 Å². The molecule has 5 nitrogen and oxygen atoms in total. The summed E-state index contributed by atoms with van der Waals surface area (Å²) < 4.78 is 26.8. The summed E-state index contributed by atoms with van der Waals surface area (Å²) in [5.74, 6) is -1.63. The molecule has 0 aromatic heterocycles. The number of rotatable bonds is 3. The summed E-state index contributed by atoms with van der Waals surface area (Å²) in [7, 11) is -3.71. The zero-order valence-electron chi connectivity index (χ0n) is 10.6. The molecule has 1 N–H and O–H groups in total. The molecule has 1 aliphatic heterocycles. The van der Waals surface area contributed by atoms with Crippen molar-refractivity contribution in [1.82, 2.24) is 4.31 Å². The first-order valence-corrected chi connectivity index (χ1v) is 8.56. The minimum Gasteiger partial charge on any atom is -0.481 e. The van der Waals surface area contributed by atoms with E-state index in [1.54, 1.807) is 6.92 Å². The van der Waals surface area contributed by atoms with Gasteiger partial charge < -0.3 is 5.11 Å². The van der Waals surface area contributed by atoms with Crippen molar-refractivity contribution >= 4 is 43.5 Å². The number of benzene rings is 1. The summed E-state index contributed by atoms with van der Waals surface area (Å²) in [6, 6.07) is 3.78. The Kier molecular flexibility index (Phi) is 4.44. The lowest BCUT2D eigenvalue weighted by Gasteiger charge is -2.22. The molecule has 8 heteroatoms. The minimum absolute atomic E-state index is 0.103. The van der Waals surface area contributed by atoms with Crippen LogP contribution in [0.5, 0.6) is 0 Å². The number of sulfonamides is 1. The van der Waals surface area contributed by atoms with Crippen molar-refractivity contribution in [2.45, 2.75) is 24.3 Å². The molecule has 0 saturated carbocycles. The number of carboxylic acid groups (broad SMARTS) is 1. The van der Waals surface area contributed by atoms with Crippen LogP contribution in [0, 0.1) is 5.92 Å². The van der Waals surface area contributed by atoms with Gasteiger partial charge in [0.15, 0.2) is 0 Å². The summed E-state index contributed by atoms with van der Waals surface area (Å²) in [5.41, 5.74) is 0. The van der Waals surface area contributed by atoms with Gasteiger partial charge in [0.2, 0.25) is 10.0 Å². The number of carboxylic acids is 1. The Morgan fingerprint density at radius 1 is 1.50 bits per heavy atom. The van der Waals surface area contributed by atoms with Crippen LogP contribution in [0.3, 0.4) is 0 Å². The number of nitrogens with zero attached hydrogens (tertiary/aromatic N) is 1. The van der Waals surface area contributed by atoms with Crippen LogP contribution in [-0.2, 0) is 14.8 Å². The summed E-state index contributed by atoms with van der Waals surface area (Å²) >= 11 is 9.04. The SMILES string of the molecule is CC1C(C(=O)O)CCN1S(=O)(=O)c1ccc(Cl)c(Br)c1. The molecule has 0 spiro atoms. The van der Waals surface area contributed by atoms with Crippen LogP contribution in [0.15, 0.2) is 27.6 Å². The van der Waals surface area contributed by atoms with Crippen molar-refractivity contribution < 1.29 is 18.3 Å². The molecule has 0 bridgehead atoms. The van der Waals surface area contributed by atoms with E-state index in [0.29, 0.717) is 15.9 Å². The lowest BCUT2D eigenvalue weighted by Crippen LogP contribution is -2.37. The molecular formula is C12H13BrClNO4S. The molecule has 1 aliphatic rings. The molecule has 0 aliphatic carbocycles. The largest absolute Gasteiger partial charge is 0.481 e. The maximum absolute atomic E-state index is 12.5. The number of aliphatic carboxylic acids is 1. The first-order valence-electron chi connectivity index (χ1n) is 5.95. The summed E-state index contributed by atoms with van der Waals surface area (Å²) in [5, 5.41) is 9.49. The molecule has 0 radical (unpaired) electrons. The van der Waals surface area contributed by atoms with Crippen LogP contribution in [0.2, 0.25) is 5.02 Å². The zero-order chi connectivity index (χ0) is 15.1. The van der Waals surface area contributed by atoms with Crippen LogP contribution in [0.1, 0.15) is 13.3 Å². The first-order chi connectivity index (χ1) is 9.25. The summed E-state index contributed by atoms with van der Waals surface area (Å²) in [6.45, 7) is 1.83. The Hall–Kier alpha value is -0.630. The second kappa shape index (κ2) is 5.63.